The summed E-state index contributed by atoms with van der Waals surface area (Å²) in [5.74, 6) is -0.385. The van der Waals surface area contributed by atoms with Gasteiger partial charge in [-0.05, 0) is 37.3 Å². The summed E-state index contributed by atoms with van der Waals surface area (Å²) < 4.78 is 6.22. The van der Waals surface area contributed by atoms with Gasteiger partial charge in [0.1, 0.15) is 5.75 Å². The van der Waals surface area contributed by atoms with Crippen molar-refractivity contribution in [3.05, 3.63) is 63.6 Å². The number of amides is 1. The second-order valence-corrected chi connectivity index (χ2v) is 5.78. The third kappa shape index (κ3) is 5.03. The normalized spacial score (nSPS) is 10.6. The van der Waals surface area contributed by atoms with Crippen molar-refractivity contribution in [3.63, 3.8) is 0 Å². The van der Waals surface area contributed by atoms with Crippen molar-refractivity contribution in [3.8, 4) is 5.75 Å². The van der Waals surface area contributed by atoms with Crippen LogP contribution in [0, 0.1) is 6.92 Å². The molecule has 6 heteroatoms. The van der Waals surface area contributed by atoms with Crippen molar-refractivity contribution >= 4 is 34.0 Å². The first-order valence-corrected chi connectivity index (χ1v) is 7.63. The Balaban J connectivity index is 2.21. The minimum absolute atomic E-state index is 0.283. The topological polar surface area (TPSA) is 67.8 Å². The van der Waals surface area contributed by atoms with E-state index in [1.165, 1.54) is 13.1 Å². The van der Waals surface area contributed by atoms with Crippen LogP contribution in [0.2, 0.25) is 0 Å². The van der Waals surface area contributed by atoms with Crippen LogP contribution in [-0.4, -0.2) is 18.1 Å². The van der Waals surface area contributed by atoms with Gasteiger partial charge in [-0.1, -0.05) is 33.6 Å². The molecule has 0 radical (unpaired) electrons. The Kier molecular flexibility index (Phi) is 5.65. The minimum atomic E-state index is -0.457. The van der Waals surface area contributed by atoms with Crippen LogP contribution < -0.4 is 10.2 Å². The van der Waals surface area contributed by atoms with E-state index in [0.717, 1.165) is 10.0 Å². The number of ether oxygens (including phenoxy) is 1. The molecule has 0 saturated heterocycles. The lowest BCUT2D eigenvalue weighted by molar-refractivity contribution is -0.118. The van der Waals surface area contributed by atoms with Crippen molar-refractivity contribution in [1.82, 2.24) is 5.43 Å². The lowest BCUT2D eigenvalue weighted by Crippen LogP contribution is -2.13. The molecule has 0 bridgehead atoms. The number of hydrogen-bond acceptors (Lipinski definition) is 4. The van der Waals surface area contributed by atoms with E-state index in [4.69, 9.17) is 4.74 Å². The predicted molar refractivity (Wildman–Crippen MR) is 91.7 cm³/mol. The van der Waals surface area contributed by atoms with Crippen molar-refractivity contribution in [2.75, 3.05) is 0 Å². The lowest BCUT2D eigenvalue weighted by atomic mass is 10.1. The van der Waals surface area contributed by atoms with Crippen LogP contribution >= 0.6 is 15.9 Å². The zero-order valence-electron chi connectivity index (χ0n) is 12.7. The molecule has 118 valence electrons. The Labute approximate surface area is 142 Å². The molecular weight excluding hydrogens is 360 g/mol. The maximum absolute atomic E-state index is 12.2. The number of hydrazone groups is 1. The molecule has 5 nitrogen and oxygen atoms in total. The quantitative estimate of drug-likeness (QED) is 0.385. The monoisotopic (exact) mass is 374 g/mol. The summed E-state index contributed by atoms with van der Waals surface area (Å²) in [4.78, 5) is 23.1. The lowest BCUT2D eigenvalue weighted by Gasteiger charge is -2.08. The van der Waals surface area contributed by atoms with E-state index >= 15 is 0 Å². The SMILES string of the molecule is CC(=O)NN=Cc1cc(Br)ccc1OC(=O)c1ccc(C)cc1. The number of rotatable bonds is 4. The van der Waals surface area contributed by atoms with Gasteiger partial charge in [-0.15, -0.1) is 0 Å². The maximum Gasteiger partial charge on any atom is 0.343 e. The Morgan fingerprint density at radius 3 is 2.52 bits per heavy atom. The van der Waals surface area contributed by atoms with Gasteiger partial charge < -0.3 is 4.74 Å². The van der Waals surface area contributed by atoms with E-state index < -0.39 is 5.97 Å². The van der Waals surface area contributed by atoms with E-state index in [-0.39, 0.29) is 5.91 Å². The van der Waals surface area contributed by atoms with Gasteiger partial charge in [0.25, 0.3) is 0 Å². The van der Waals surface area contributed by atoms with Crippen LogP contribution in [-0.2, 0) is 4.79 Å². The highest BCUT2D eigenvalue weighted by molar-refractivity contribution is 9.10. The van der Waals surface area contributed by atoms with E-state index in [2.05, 4.69) is 26.5 Å². The molecule has 0 saturated carbocycles. The second kappa shape index (κ2) is 7.69. The number of carbonyl (C=O) groups excluding carboxylic acids is 2. The van der Waals surface area contributed by atoms with Crippen LogP contribution in [0.4, 0.5) is 0 Å². The van der Waals surface area contributed by atoms with Gasteiger partial charge >= 0.3 is 5.97 Å². The number of esters is 1. The number of halogens is 1. The molecule has 0 heterocycles. The Morgan fingerprint density at radius 1 is 1.17 bits per heavy atom. The molecule has 1 N–H and O–H groups in total. The van der Waals surface area contributed by atoms with Crippen LogP contribution in [0.15, 0.2) is 52.0 Å². The smallest absolute Gasteiger partial charge is 0.343 e. The summed E-state index contributed by atoms with van der Waals surface area (Å²) >= 11 is 3.35. The van der Waals surface area contributed by atoms with E-state index in [0.29, 0.717) is 16.9 Å². The summed E-state index contributed by atoms with van der Waals surface area (Å²) in [7, 11) is 0. The molecule has 0 atom stereocenters. The van der Waals surface area contributed by atoms with Gasteiger partial charge in [0.05, 0.1) is 11.8 Å². The van der Waals surface area contributed by atoms with Crippen molar-refractivity contribution in [1.29, 1.82) is 0 Å². The largest absolute Gasteiger partial charge is 0.422 e. The first-order valence-electron chi connectivity index (χ1n) is 6.84. The number of hydrogen-bond donors (Lipinski definition) is 1. The highest BCUT2D eigenvalue weighted by Gasteiger charge is 2.11. The average molecular weight is 375 g/mol. The number of nitrogens with zero attached hydrogens (tertiary/aromatic N) is 1. The first kappa shape index (κ1) is 16.9. The minimum Gasteiger partial charge on any atom is -0.422 e. The number of aryl methyl sites for hydroxylation is 1. The van der Waals surface area contributed by atoms with E-state index in [1.54, 1.807) is 30.3 Å². The molecule has 23 heavy (non-hydrogen) atoms. The van der Waals surface area contributed by atoms with Crippen LogP contribution in [0.1, 0.15) is 28.4 Å². The van der Waals surface area contributed by atoms with Crippen LogP contribution in [0.25, 0.3) is 0 Å². The van der Waals surface area contributed by atoms with Gasteiger partial charge in [-0.3, -0.25) is 4.79 Å². The van der Waals surface area contributed by atoms with Crippen LogP contribution in [0.3, 0.4) is 0 Å². The van der Waals surface area contributed by atoms with Gasteiger partial charge in [-0.2, -0.15) is 5.10 Å². The molecule has 2 rings (SSSR count). The van der Waals surface area contributed by atoms with Crippen molar-refractivity contribution in [2.45, 2.75) is 13.8 Å². The summed E-state index contributed by atoms with van der Waals surface area (Å²) in [6.45, 7) is 3.30. The zero-order chi connectivity index (χ0) is 16.8. The van der Waals surface area contributed by atoms with Gasteiger partial charge in [-0.25, -0.2) is 10.2 Å². The summed E-state index contributed by atoms with van der Waals surface area (Å²) in [5.41, 5.74) is 4.39. The third-order valence-electron chi connectivity index (χ3n) is 2.89. The predicted octanol–water partition coefficient (Wildman–Crippen LogP) is 3.45. The molecule has 2 aromatic rings. The average Bonchev–Trinajstić information content (AvgIpc) is 2.50. The fraction of sp³-hybridized carbons (Fsp3) is 0.118. The highest BCUT2D eigenvalue weighted by Crippen LogP contribution is 2.23. The van der Waals surface area contributed by atoms with Gasteiger partial charge in [0.15, 0.2) is 0 Å². The molecule has 1 amide bonds. The zero-order valence-corrected chi connectivity index (χ0v) is 14.3. The molecule has 0 spiro atoms. The Morgan fingerprint density at radius 2 is 1.87 bits per heavy atom. The fourth-order valence-corrected chi connectivity index (χ4v) is 2.13. The summed E-state index contributed by atoms with van der Waals surface area (Å²) in [6.07, 6.45) is 1.42. The second-order valence-electron chi connectivity index (χ2n) is 4.86. The summed E-state index contributed by atoms with van der Waals surface area (Å²) in [6, 6.07) is 12.3. The van der Waals surface area contributed by atoms with Crippen LogP contribution in [0.5, 0.6) is 5.75 Å². The summed E-state index contributed by atoms with van der Waals surface area (Å²) in [5, 5.41) is 3.80. The molecule has 0 aliphatic carbocycles. The molecule has 0 aromatic heterocycles. The number of nitrogens with one attached hydrogen (secondary N) is 1. The standard InChI is InChI=1S/C17H15BrN2O3/c1-11-3-5-13(6-4-11)17(22)23-16-8-7-15(18)9-14(16)10-19-20-12(2)21/h3-10H,1-2H3,(H,20,21). The van der Waals surface area contributed by atoms with Crippen molar-refractivity contribution < 1.29 is 14.3 Å². The Hall–Kier alpha value is -2.47. The van der Waals surface area contributed by atoms with E-state index in [1.807, 2.05) is 19.1 Å². The highest BCUT2D eigenvalue weighted by atomic mass is 79.9. The van der Waals surface area contributed by atoms with E-state index in [9.17, 15) is 9.59 Å². The maximum atomic E-state index is 12.2. The van der Waals surface area contributed by atoms with Gasteiger partial charge in [0, 0.05) is 17.0 Å². The molecule has 0 unspecified atom stereocenters. The fourth-order valence-electron chi connectivity index (χ4n) is 1.75. The van der Waals surface area contributed by atoms with Gasteiger partial charge in [0.2, 0.25) is 5.91 Å². The molecule has 0 fully saturated rings. The first-order chi connectivity index (χ1) is 11.0. The molecule has 0 aliphatic heterocycles. The molecule has 0 aliphatic rings. The van der Waals surface area contributed by atoms with Crippen molar-refractivity contribution in [2.24, 2.45) is 5.10 Å². The molecule has 2 aromatic carbocycles. The molecular formula is C17H15BrN2O3. The third-order valence-corrected chi connectivity index (χ3v) is 3.38. The number of benzene rings is 2. The Bertz CT molecular complexity index is 755. The number of carbonyl (C=O) groups is 2.